The molecule has 3 heterocycles. The van der Waals surface area contributed by atoms with E-state index in [2.05, 4.69) is 20.4 Å². The first-order valence-corrected chi connectivity index (χ1v) is 12.6. The standard InChI is InChI=1S/C26H33N7O6/c1-7-11-32-24-20(25(35)33(12-8-2)26(32)36)28-23(29-24)16-14-18(30-31(16)3)27-19(34)13-15-9-10-17(37-4)22(39-6)21(15)38-5/h9-10,14H,7-8,11-13H2,1-6H3,(H,28,29)(H,27,30,34). The van der Waals surface area contributed by atoms with Crippen LogP contribution >= 0.6 is 0 Å². The molecule has 39 heavy (non-hydrogen) atoms. The number of aromatic nitrogens is 6. The highest BCUT2D eigenvalue weighted by Crippen LogP contribution is 2.40. The molecular formula is C26H33N7O6. The Labute approximate surface area is 224 Å². The number of ether oxygens (including phenoxy) is 3. The number of nitrogens with one attached hydrogen (secondary N) is 2. The van der Waals surface area contributed by atoms with Gasteiger partial charge in [0.15, 0.2) is 28.8 Å². The minimum absolute atomic E-state index is 0.000335. The number of methoxy groups -OCH3 is 3. The van der Waals surface area contributed by atoms with Gasteiger partial charge in [-0.15, -0.1) is 0 Å². The molecule has 13 heteroatoms. The van der Waals surface area contributed by atoms with Gasteiger partial charge in [-0.1, -0.05) is 19.9 Å². The van der Waals surface area contributed by atoms with Crippen LogP contribution in [-0.4, -0.2) is 56.1 Å². The molecule has 208 valence electrons. The zero-order valence-corrected chi connectivity index (χ0v) is 23.0. The van der Waals surface area contributed by atoms with Crippen LogP contribution in [0.3, 0.4) is 0 Å². The number of aryl methyl sites for hydroxylation is 2. The summed E-state index contributed by atoms with van der Waals surface area (Å²) in [6.45, 7) is 4.61. The van der Waals surface area contributed by atoms with E-state index in [1.54, 1.807) is 25.2 Å². The Hall–Kier alpha value is -4.55. The molecule has 13 nitrogen and oxygen atoms in total. The maximum Gasteiger partial charge on any atom is 0.332 e. The molecule has 0 saturated carbocycles. The van der Waals surface area contributed by atoms with Crippen molar-refractivity contribution in [3.05, 3.63) is 44.6 Å². The van der Waals surface area contributed by atoms with Gasteiger partial charge in [-0.3, -0.25) is 23.4 Å². The molecule has 2 N–H and O–H groups in total. The van der Waals surface area contributed by atoms with E-state index < -0.39 is 5.56 Å². The minimum atomic E-state index is -0.414. The molecular weight excluding hydrogens is 506 g/mol. The second kappa shape index (κ2) is 11.5. The Kier molecular flexibility index (Phi) is 8.07. The van der Waals surface area contributed by atoms with Crippen LogP contribution in [0, 0.1) is 0 Å². The average molecular weight is 540 g/mol. The van der Waals surface area contributed by atoms with Gasteiger partial charge < -0.3 is 24.5 Å². The summed E-state index contributed by atoms with van der Waals surface area (Å²) in [5.41, 5.74) is 0.890. The first-order chi connectivity index (χ1) is 18.8. The lowest BCUT2D eigenvalue weighted by atomic mass is 10.1. The maximum atomic E-state index is 13.1. The van der Waals surface area contributed by atoms with Gasteiger partial charge in [-0.05, 0) is 18.9 Å². The van der Waals surface area contributed by atoms with Crippen molar-refractivity contribution >= 4 is 22.9 Å². The summed E-state index contributed by atoms with van der Waals surface area (Å²) in [6.07, 6.45) is 1.35. The van der Waals surface area contributed by atoms with Crippen molar-refractivity contribution in [2.24, 2.45) is 7.05 Å². The summed E-state index contributed by atoms with van der Waals surface area (Å²) >= 11 is 0. The van der Waals surface area contributed by atoms with Crippen LogP contribution in [0.5, 0.6) is 17.2 Å². The number of benzene rings is 1. The number of carbonyl (C=O) groups excluding carboxylic acids is 1. The third kappa shape index (κ3) is 5.11. The Morgan fingerprint density at radius 1 is 1.00 bits per heavy atom. The fourth-order valence-electron chi connectivity index (χ4n) is 4.55. The maximum absolute atomic E-state index is 13.1. The second-order valence-corrected chi connectivity index (χ2v) is 8.93. The van der Waals surface area contributed by atoms with Crippen molar-refractivity contribution in [2.45, 2.75) is 46.2 Å². The molecule has 1 amide bonds. The van der Waals surface area contributed by atoms with Gasteiger partial charge >= 0.3 is 5.69 Å². The van der Waals surface area contributed by atoms with Crippen molar-refractivity contribution in [1.29, 1.82) is 0 Å². The zero-order chi connectivity index (χ0) is 28.3. The molecule has 0 fully saturated rings. The van der Waals surface area contributed by atoms with Crippen LogP contribution in [0.1, 0.15) is 32.3 Å². The van der Waals surface area contributed by atoms with Crippen LogP contribution in [0.4, 0.5) is 5.82 Å². The molecule has 4 aromatic rings. The number of H-pyrrole nitrogens is 1. The lowest BCUT2D eigenvalue weighted by Crippen LogP contribution is -2.40. The third-order valence-electron chi connectivity index (χ3n) is 6.28. The van der Waals surface area contributed by atoms with Crippen molar-refractivity contribution in [1.82, 2.24) is 28.9 Å². The third-order valence-corrected chi connectivity index (χ3v) is 6.28. The highest BCUT2D eigenvalue weighted by atomic mass is 16.5. The summed E-state index contributed by atoms with van der Waals surface area (Å²) in [4.78, 5) is 46.6. The monoisotopic (exact) mass is 539 g/mol. The van der Waals surface area contributed by atoms with E-state index >= 15 is 0 Å². The fourth-order valence-corrected chi connectivity index (χ4v) is 4.55. The number of amides is 1. The zero-order valence-electron chi connectivity index (χ0n) is 23.0. The molecule has 0 aliphatic heterocycles. The molecule has 4 rings (SSSR count). The summed E-state index contributed by atoms with van der Waals surface area (Å²) in [6, 6.07) is 5.09. The van der Waals surface area contributed by atoms with Gasteiger partial charge in [0, 0.05) is 31.8 Å². The van der Waals surface area contributed by atoms with Gasteiger partial charge in [0.25, 0.3) is 5.56 Å². The second-order valence-electron chi connectivity index (χ2n) is 8.93. The Morgan fingerprint density at radius 2 is 1.69 bits per heavy atom. The van der Waals surface area contributed by atoms with Crippen LogP contribution < -0.4 is 30.8 Å². The lowest BCUT2D eigenvalue weighted by molar-refractivity contribution is -0.115. The number of imidazole rings is 1. The van der Waals surface area contributed by atoms with E-state index in [-0.39, 0.29) is 23.5 Å². The lowest BCUT2D eigenvalue weighted by Gasteiger charge is -2.15. The molecule has 0 aliphatic carbocycles. The van der Waals surface area contributed by atoms with E-state index in [1.165, 1.54) is 35.1 Å². The van der Waals surface area contributed by atoms with Crippen molar-refractivity contribution in [2.75, 3.05) is 26.6 Å². The Morgan fingerprint density at radius 3 is 2.33 bits per heavy atom. The van der Waals surface area contributed by atoms with Crippen molar-refractivity contribution < 1.29 is 19.0 Å². The van der Waals surface area contributed by atoms with E-state index in [9.17, 15) is 14.4 Å². The predicted octanol–water partition coefficient (Wildman–Crippen LogP) is 2.31. The fraction of sp³-hybridized carbons (Fsp3) is 0.423. The summed E-state index contributed by atoms with van der Waals surface area (Å²) in [5, 5.41) is 7.17. The summed E-state index contributed by atoms with van der Waals surface area (Å²) < 4.78 is 20.5. The number of hydrogen-bond acceptors (Lipinski definition) is 8. The molecule has 0 unspecified atom stereocenters. The molecule has 0 saturated heterocycles. The van der Waals surface area contributed by atoms with Gasteiger partial charge in [0.2, 0.25) is 11.7 Å². The van der Waals surface area contributed by atoms with Crippen LogP contribution in [-0.2, 0) is 31.4 Å². The van der Waals surface area contributed by atoms with Crippen LogP contribution in [0.2, 0.25) is 0 Å². The smallest absolute Gasteiger partial charge is 0.332 e. The molecule has 3 aromatic heterocycles. The number of fused-ring (bicyclic) bond motifs is 1. The first kappa shape index (κ1) is 27.5. The number of nitrogens with zero attached hydrogens (tertiary/aromatic N) is 5. The Bertz CT molecular complexity index is 1630. The van der Waals surface area contributed by atoms with Gasteiger partial charge in [0.1, 0.15) is 11.2 Å². The average Bonchev–Trinajstić information content (AvgIpc) is 3.52. The van der Waals surface area contributed by atoms with Gasteiger partial charge in [0.05, 0.1) is 27.8 Å². The predicted molar refractivity (Wildman–Crippen MR) is 146 cm³/mol. The minimum Gasteiger partial charge on any atom is -0.493 e. The number of rotatable bonds is 11. The van der Waals surface area contributed by atoms with Crippen molar-refractivity contribution in [3.8, 4) is 28.8 Å². The van der Waals surface area contributed by atoms with E-state index in [4.69, 9.17) is 14.2 Å². The van der Waals surface area contributed by atoms with E-state index in [0.29, 0.717) is 71.7 Å². The molecule has 0 aliphatic rings. The van der Waals surface area contributed by atoms with E-state index in [0.717, 1.165) is 0 Å². The number of hydrogen-bond donors (Lipinski definition) is 2. The Balaban J connectivity index is 1.65. The quantitative estimate of drug-likeness (QED) is 0.295. The molecule has 0 spiro atoms. The van der Waals surface area contributed by atoms with Crippen molar-refractivity contribution in [3.63, 3.8) is 0 Å². The van der Waals surface area contributed by atoms with Gasteiger partial charge in [-0.25, -0.2) is 9.78 Å². The number of carbonyl (C=O) groups is 1. The topological polar surface area (TPSA) is 147 Å². The highest BCUT2D eigenvalue weighted by molar-refractivity contribution is 5.92. The molecule has 0 bridgehead atoms. The summed E-state index contributed by atoms with van der Waals surface area (Å²) in [7, 11) is 6.21. The van der Waals surface area contributed by atoms with Crippen LogP contribution in [0.15, 0.2) is 27.8 Å². The normalized spacial score (nSPS) is 11.1. The van der Waals surface area contributed by atoms with E-state index in [1.807, 2.05) is 13.8 Å². The largest absolute Gasteiger partial charge is 0.493 e. The SMILES string of the molecule is CCCn1c(=O)c2[nH]c(-c3cc(NC(=O)Cc4ccc(OC)c(OC)c4OC)nn3C)nc2n(CCC)c1=O. The first-order valence-electron chi connectivity index (χ1n) is 12.6. The molecule has 0 radical (unpaired) electrons. The molecule has 0 atom stereocenters. The molecule has 1 aromatic carbocycles. The number of aromatic amines is 1. The highest BCUT2D eigenvalue weighted by Gasteiger charge is 2.21. The number of anilines is 1. The summed E-state index contributed by atoms with van der Waals surface area (Å²) in [5.74, 6) is 1.63. The van der Waals surface area contributed by atoms with Gasteiger partial charge in [-0.2, -0.15) is 5.10 Å². The van der Waals surface area contributed by atoms with Crippen LogP contribution in [0.25, 0.3) is 22.7 Å².